The predicted molar refractivity (Wildman–Crippen MR) is 155 cm³/mol. The zero-order valence-electron chi connectivity index (χ0n) is 22.5. The second-order valence-corrected chi connectivity index (χ2v) is 9.51. The van der Waals surface area contributed by atoms with E-state index in [0.717, 1.165) is 46.8 Å². The van der Waals surface area contributed by atoms with Gasteiger partial charge in [0, 0.05) is 19.6 Å². The Bertz CT molecular complexity index is 1360. The van der Waals surface area contributed by atoms with E-state index in [1.807, 2.05) is 59.2 Å². The van der Waals surface area contributed by atoms with Crippen LogP contribution in [0.5, 0.6) is 0 Å². The lowest BCUT2D eigenvalue weighted by molar-refractivity contribution is -0.0409. The van der Waals surface area contributed by atoms with E-state index in [4.69, 9.17) is 4.74 Å². The molecule has 3 aromatic carbocycles. The Labute approximate surface area is 229 Å². The van der Waals surface area contributed by atoms with E-state index < -0.39 is 11.7 Å². The van der Waals surface area contributed by atoms with Gasteiger partial charge in [-0.25, -0.2) is 15.0 Å². The van der Waals surface area contributed by atoms with Crippen molar-refractivity contribution in [2.45, 2.75) is 38.5 Å². The predicted octanol–water partition coefficient (Wildman–Crippen LogP) is 5.43. The van der Waals surface area contributed by atoms with Crippen molar-refractivity contribution < 1.29 is 9.84 Å². The van der Waals surface area contributed by atoms with E-state index in [-0.39, 0.29) is 6.61 Å². The largest absolute Gasteiger partial charge is 0.391 e. The van der Waals surface area contributed by atoms with E-state index in [9.17, 15) is 5.11 Å². The first kappa shape index (κ1) is 26.5. The number of fused-ring (bicyclic) bond motifs is 1. The highest BCUT2D eigenvalue weighted by Gasteiger charge is 2.38. The molecule has 0 saturated carbocycles. The molecule has 5 aromatic rings. The first-order chi connectivity index (χ1) is 19.2. The van der Waals surface area contributed by atoms with Crippen molar-refractivity contribution in [3.05, 3.63) is 120 Å². The number of benzene rings is 3. The Morgan fingerprint density at radius 1 is 0.795 bits per heavy atom. The summed E-state index contributed by atoms with van der Waals surface area (Å²) in [4.78, 5) is 15.7. The first-order valence-electron chi connectivity index (χ1n) is 13.6. The van der Waals surface area contributed by atoms with Gasteiger partial charge in [-0.1, -0.05) is 91.0 Å². The van der Waals surface area contributed by atoms with Crippen LogP contribution in [0.1, 0.15) is 37.0 Å². The number of aliphatic hydroxyl groups is 1. The number of hydrogen-bond donors (Lipinski definition) is 1. The topological polar surface area (TPSA) is 76.3 Å². The molecule has 2 heterocycles. The molecule has 0 spiro atoms. The van der Waals surface area contributed by atoms with Gasteiger partial charge in [-0.05, 0) is 37.0 Å². The van der Waals surface area contributed by atoms with Gasteiger partial charge < -0.3 is 19.3 Å². The summed E-state index contributed by atoms with van der Waals surface area (Å²) in [5.41, 5.74) is 3.72. The number of anilines is 1. The second-order valence-electron chi connectivity index (χ2n) is 9.51. The van der Waals surface area contributed by atoms with Crippen LogP contribution < -0.4 is 4.90 Å². The monoisotopic (exact) mass is 521 g/mol. The minimum Gasteiger partial charge on any atom is -0.391 e. The van der Waals surface area contributed by atoms with Gasteiger partial charge in [-0.15, -0.1) is 0 Å². The average molecular weight is 522 g/mol. The molecule has 7 heteroatoms. The van der Waals surface area contributed by atoms with Crippen LogP contribution in [0.15, 0.2) is 104 Å². The number of rotatable bonds is 12. The number of imidazole rings is 1. The Morgan fingerprint density at radius 2 is 1.33 bits per heavy atom. The van der Waals surface area contributed by atoms with Crippen molar-refractivity contribution in [1.82, 2.24) is 19.5 Å². The summed E-state index contributed by atoms with van der Waals surface area (Å²) < 4.78 is 8.76. The molecule has 2 aromatic heterocycles. The van der Waals surface area contributed by atoms with Gasteiger partial charge in [0.25, 0.3) is 0 Å². The normalized spacial score (nSPS) is 12.5. The van der Waals surface area contributed by atoms with Crippen LogP contribution >= 0.6 is 0 Å². The molecule has 0 aliphatic heterocycles. The quantitative estimate of drug-likeness (QED) is 0.221. The van der Waals surface area contributed by atoms with Gasteiger partial charge in [0.2, 0.25) is 0 Å². The molecular formula is C32H35N5O2. The zero-order chi connectivity index (χ0) is 27.1. The lowest BCUT2D eigenvalue weighted by Crippen LogP contribution is -2.36. The van der Waals surface area contributed by atoms with Gasteiger partial charge in [0.1, 0.15) is 11.9 Å². The minimum absolute atomic E-state index is 0.158. The molecule has 7 nitrogen and oxygen atoms in total. The molecule has 200 valence electrons. The highest BCUT2D eigenvalue weighted by atomic mass is 16.5. The van der Waals surface area contributed by atoms with Crippen LogP contribution in [0.2, 0.25) is 0 Å². The van der Waals surface area contributed by atoms with E-state index in [2.05, 4.69) is 70.1 Å². The highest BCUT2D eigenvalue weighted by molar-refractivity contribution is 5.83. The fraction of sp³-hybridized carbons (Fsp3) is 0.281. The molecule has 1 atom stereocenters. The number of aryl methyl sites for hydroxylation is 1. The number of nitrogens with zero attached hydrogens (tertiary/aromatic N) is 5. The number of aliphatic hydroxyl groups excluding tert-OH is 1. The third-order valence-electron chi connectivity index (χ3n) is 7.18. The SMILES string of the molecule is CCN(CC)c1ncnc2c1ncn2CCC(O)COC(c1ccccc1)(c1ccccc1)c1ccccc1. The maximum Gasteiger partial charge on any atom is 0.165 e. The summed E-state index contributed by atoms with van der Waals surface area (Å²) in [5, 5.41) is 11.1. The summed E-state index contributed by atoms with van der Waals surface area (Å²) >= 11 is 0. The van der Waals surface area contributed by atoms with Crippen LogP contribution in [0.3, 0.4) is 0 Å². The lowest BCUT2D eigenvalue weighted by atomic mass is 9.80. The molecule has 5 rings (SSSR count). The Morgan fingerprint density at radius 3 is 1.85 bits per heavy atom. The number of ether oxygens (including phenoxy) is 1. The fourth-order valence-electron chi connectivity index (χ4n) is 5.15. The summed E-state index contributed by atoms with van der Waals surface area (Å²) in [5.74, 6) is 0.839. The van der Waals surface area contributed by atoms with E-state index >= 15 is 0 Å². The summed E-state index contributed by atoms with van der Waals surface area (Å²) in [6.45, 7) is 6.61. The van der Waals surface area contributed by atoms with Crippen molar-refractivity contribution >= 4 is 17.0 Å². The van der Waals surface area contributed by atoms with Gasteiger partial charge >= 0.3 is 0 Å². The van der Waals surface area contributed by atoms with Crippen LogP contribution in [0.4, 0.5) is 5.82 Å². The molecule has 0 saturated heterocycles. The van der Waals surface area contributed by atoms with Gasteiger partial charge in [0.05, 0.1) is 19.0 Å². The van der Waals surface area contributed by atoms with Gasteiger partial charge in [-0.2, -0.15) is 0 Å². The molecule has 0 radical (unpaired) electrons. The molecule has 0 bridgehead atoms. The van der Waals surface area contributed by atoms with Crippen molar-refractivity contribution in [3.8, 4) is 0 Å². The second kappa shape index (κ2) is 12.2. The average Bonchev–Trinajstić information content (AvgIpc) is 3.42. The molecule has 1 N–H and O–H groups in total. The van der Waals surface area contributed by atoms with Crippen molar-refractivity contribution in [2.24, 2.45) is 0 Å². The van der Waals surface area contributed by atoms with Crippen molar-refractivity contribution in [3.63, 3.8) is 0 Å². The minimum atomic E-state index is -0.863. The van der Waals surface area contributed by atoms with Crippen LogP contribution in [-0.4, -0.2) is 50.4 Å². The first-order valence-corrected chi connectivity index (χ1v) is 13.6. The maximum atomic E-state index is 11.1. The van der Waals surface area contributed by atoms with Crippen LogP contribution in [-0.2, 0) is 16.9 Å². The summed E-state index contributed by atoms with van der Waals surface area (Å²) in [6, 6.07) is 30.6. The zero-order valence-corrected chi connectivity index (χ0v) is 22.5. The van der Waals surface area contributed by atoms with E-state index in [0.29, 0.717) is 13.0 Å². The standard InChI is InChI=1S/C32H35N5O2/c1-3-36(4-2)30-29-31(34-23-33-30)37(24-35-29)21-20-28(38)22-39-32(25-14-8-5-9-15-25,26-16-10-6-11-17-26)27-18-12-7-13-19-27/h5-19,23-24,28,38H,3-4,20-22H2,1-2H3. The number of hydrogen-bond acceptors (Lipinski definition) is 6. The molecule has 0 fully saturated rings. The summed E-state index contributed by atoms with van der Waals surface area (Å²) in [7, 11) is 0. The Hall–Kier alpha value is -4.07. The summed E-state index contributed by atoms with van der Waals surface area (Å²) in [6.07, 6.45) is 3.16. The molecule has 39 heavy (non-hydrogen) atoms. The Kier molecular flexibility index (Phi) is 8.30. The van der Waals surface area contributed by atoms with E-state index in [1.165, 1.54) is 0 Å². The molecule has 0 aliphatic rings. The third-order valence-corrected chi connectivity index (χ3v) is 7.18. The van der Waals surface area contributed by atoms with E-state index in [1.54, 1.807) is 12.7 Å². The van der Waals surface area contributed by atoms with Gasteiger partial charge in [0.15, 0.2) is 17.0 Å². The molecule has 0 aliphatic carbocycles. The Balaban J connectivity index is 1.39. The number of aromatic nitrogens is 4. The van der Waals surface area contributed by atoms with Crippen LogP contribution in [0, 0.1) is 0 Å². The molecule has 1 unspecified atom stereocenters. The molecule has 0 amide bonds. The molecular weight excluding hydrogens is 486 g/mol. The van der Waals surface area contributed by atoms with Crippen molar-refractivity contribution in [1.29, 1.82) is 0 Å². The lowest BCUT2D eigenvalue weighted by Gasteiger charge is -2.36. The van der Waals surface area contributed by atoms with Crippen LogP contribution in [0.25, 0.3) is 11.2 Å². The fourth-order valence-corrected chi connectivity index (χ4v) is 5.15. The third kappa shape index (κ3) is 5.41. The van der Waals surface area contributed by atoms with Crippen molar-refractivity contribution in [2.75, 3.05) is 24.6 Å². The van der Waals surface area contributed by atoms with Gasteiger partial charge in [-0.3, -0.25) is 0 Å². The highest BCUT2D eigenvalue weighted by Crippen LogP contribution is 2.40. The smallest absolute Gasteiger partial charge is 0.165 e. The maximum absolute atomic E-state index is 11.1.